The number of halogens is 1. The first kappa shape index (κ1) is 22.3. The third kappa shape index (κ3) is 4.89. The van der Waals surface area contributed by atoms with Crippen molar-refractivity contribution in [2.45, 2.75) is 26.2 Å². The van der Waals surface area contributed by atoms with Crippen LogP contribution in [-0.2, 0) is 9.59 Å². The Balaban J connectivity index is 0.00000280. The van der Waals surface area contributed by atoms with Crippen LogP contribution >= 0.6 is 12.4 Å². The number of hydrogen-bond donors (Lipinski definition) is 2. The van der Waals surface area contributed by atoms with Gasteiger partial charge in [-0.3, -0.25) is 9.59 Å². The molecule has 1 atom stereocenters. The first-order valence-corrected chi connectivity index (χ1v) is 9.46. The van der Waals surface area contributed by atoms with Gasteiger partial charge >= 0.3 is 0 Å². The summed E-state index contributed by atoms with van der Waals surface area (Å²) in [4.78, 5) is 26.8. The average Bonchev–Trinajstić information content (AvgIpc) is 3.07. The number of hydrogen-bond acceptors (Lipinski definition) is 5. The van der Waals surface area contributed by atoms with E-state index in [-0.39, 0.29) is 42.0 Å². The second-order valence-electron chi connectivity index (χ2n) is 7.72. The zero-order valence-corrected chi connectivity index (χ0v) is 17.6. The Morgan fingerprint density at radius 3 is 2.64 bits per heavy atom. The summed E-state index contributed by atoms with van der Waals surface area (Å²) in [7, 11) is 3.14. The van der Waals surface area contributed by atoms with Gasteiger partial charge in [0.05, 0.1) is 25.8 Å². The molecular weight excluding hydrogens is 382 g/mol. The van der Waals surface area contributed by atoms with E-state index in [0.717, 1.165) is 25.9 Å². The molecule has 3 rings (SSSR count). The van der Waals surface area contributed by atoms with Gasteiger partial charge in [-0.1, -0.05) is 6.92 Å². The number of nitrogens with zero attached hydrogens (tertiary/aromatic N) is 1. The largest absolute Gasteiger partial charge is 0.497 e. The van der Waals surface area contributed by atoms with Crippen molar-refractivity contribution in [1.29, 1.82) is 0 Å². The number of rotatable bonds is 6. The monoisotopic (exact) mass is 411 g/mol. The Kier molecular flexibility index (Phi) is 7.55. The lowest BCUT2D eigenvalue weighted by Crippen LogP contribution is -2.44. The van der Waals surface area contributed by atoms with Gasteiger partial charge in [0.25, 0.3) is 0 Å². The highest BCUT2D eigenvalue weighted by Gasteiger charge is 2.37. The predicted molar refractivity (Wildman–Crippen MR) is 110 cm³/mol. The first-order chi connectivity index (χ1) is 13.0. The summed E-state index contributed by atoms with van der Waals surface area (Å²) in [6.07, 6.45) is 2.32. The van der Waals surface area contributed by atoms with Crippen LogP contribution in [-0.4, -0.2) is 52.2 Å². The highest BCUT2D eigenvalue weighted by molar-refractivity contribution is 6.01. The van der Waals surface area contributed by atoms with E-state index in [2.05, 4.69) is 17.6 Å². The summed E-state index contributed by atoms with van der Waals surface area (Å²) in [5, 5.41) is 6.42. The van der Waals surface area contributed by atoms with Crippen molar-refractivity contribution >= 4 is 29.9 Å². The van der Waals surface area contributed by atoms with Crippen LogP contribution in [0.3, 0.4) is 0 Å². The van der Waals surface area contributed by atoms with E-state index >= 15 is 0 Å². The van der Waals surface area contributed by atoms with E-state index in [1.807, 2.05) is 0 Å². The lowest BCUT2D eigenvalue weighted by Gasteiger charge is -2.34. The van der Waals surface area contributed by atoms with Gasteiger partial charge in [0, 0.05) is 25.6 Å². The molecule has 0 aliphatic carbocycles. The van der Waals surface area contributed by atoms with Crippen molar-refractivity contribution in [2.75, 3.05) is 45.3 Å². The van der Waals surface area contributed by atoms with Crippen molar-refractivity contribution in [2.24, 2.45) is 11.3 Å². The van der Waals surface area contributed by atoms with Crippen LogP contribution in [0.5, 0.6) is 11.5 Å². The van der Waals surface area contributed by atoms with Gasteiger partial charge in [0.15, 0.2) is 0 Å². The SMILES string of the molecule is COc1ccc(N2CC(C(=O)NCC3(C)CCNCC3)CC2=O)c(OC)c1.Cl. The molecule has 1 aromatic carbocycles. The molecule has 0 saturated carbocycles. The zero-order chi connectivity index (χ0) is 19.4. The number of ether oxygens (including phenoxy) is 2. The van der Waals surface area contributed by atoms with Gasteiger partial charge in [-0.2, -0.15) is 0 Å². The summed E-state index contributed by atoms with van der Waals surface area (Å²) < 4.78 is 10.6. The Labute approximate surface area is 172 Å². The smallest absolute Gasteiger partial charge is 0.227 e. The summed E-state index contributed by atoms with van der Waals surface area (Å²) >= 11 is 0. The maximum Gasteiger partial charge on any atom is 0.227 e. The molecular formula is C20H30ClN3O4. The average molecular weight is 412 g/mol. The first-order valence-electron chi connectivity index (χ1n) is 9.46. The van der Waals surface area contributed by atoms with Gasteiger partial charge in [-0.15, -0.1) is 12.4 Å². The second kappa shape index (κ2) is 9.47. The van der Waals surface area contributed by atoms with E-state index in [1.54, 1.807) is 37.3 Å². The van der Waals surface area contributed by atoms with Crippen LogP contribution in [0.2, 0.25) is 0 Å². The van der Waals surface area contributed by atoms with Crippen molar-refractivity contribution in [3.63, 3.8) is 0 Å². The van der Waals surface area contributed by atoms with Crippen molar-refractivity contribution in [1.82, 2.24) is 10.6 Å². The molecule has 28 heavy (non-hydrogen) atoms. The molecule has 2 N–H and O–H groups in total. The molecule has 0 spiro atoms. The molecule has 156 valence electrons. The van der Waals surface area contributed by atoms with Gasteiger partial charge in [0.1, 0.15) is 11.5 Å². The molecule has 7 nitrogen and oxygen atoms in total. The number of anilines is 1. The molecule has 2 aliphatic heterocycles. The minimum Gasteiger partial charge on any atom is -0.497 e. The summed E-state index contributed by atoms with van der Waals surface area (Å²) in [6.45, 7) is 5.21. The van der Waals surface area contributed by atoms with Crippen LogP contribution in [0.15, 0.2) is 18.2 Å². The molecule has 2 aliphatic rings. The molecule has 0 radical (unpaired) electrons. The van der Waals surface area contributed by atoms with Crippen LogP contribution in [0.25, 0.3) is 0 Å². The van der Waals surface area contributed by atoms with Crippen LogP contribution < -0.4 is 25.0 Å². The molecule has 1 aromatic rings. The van der Waals surface area contributed by atoms with Crippen LogP contribution in [0.4, 0.5) is 5.69 Å². The van der Waals surface area contributed by atoms with E-state index in [9.17, 15) is 9.59 Å². The van der Waals surface area contributed by atoms with Gasteiger partial charge in [-0.05, 0) is 43.5 Å². The summed E-state index contributed by atoms with van der Waals surface area (Å²) in [6, 6.07) is 5.33. The number of nitrogens with one attached hydrogen (secondary N) is 2. The Morgan fingerprint density at radius 1 is 1.29 bits per heavy atom. The van der Waals surface area contributed by atoms with E-state index < -0.39 is 0 Å². The molecule has 1 unspecified atom stereocenters. The Morgan fingerprint density at radius 2 is 2.00 bits per heavy atom. The molecule has 2 saturated heterocycles. The highest BCUT2D eigenvalue weighted by atomic mass is 35.5. The van der Waals surface area contributed by atoms with Crippen LogP contribution in [0, 0.1) is 11.3 Å². The van der Waals surface area contributed by atoms with E-state index in [0.29, 0.717) is 30.3 Å². The predicted octanol–water partition coefficient (Wildman–Crippen LogP) is 1.98. The number of benzene rings is 1. The third-order valence-electron chi connectivity index (χ3n) is 5.67. The number of carbonyl (C=O) groups is 2. The van der Waals surface area contributed by atoms with Crippen molar-refractivity contribution < 1.29 is 19.1 Å². The minimum atomic E-state index is -0.338. The molecule has 8 heteroatoms. The fourth-order valence-corrected chi connectivity index (χ4v) is 3.78. The van der Waals surface area contributed by atoms with Crippen molar-refractivity contribution in [3.05, 3.63) is 18.2 Å². The lowest BCUT2D eigenvalue weighted by molar-refractivity contribution is -0.126. The summed E-state index contributed by atoms with van der Waals surface area (Å²) in [5.74, 6) is 0.775. The highest BCUT2D eigenvalue weighted by Crippen LogP contribution is 2.36. The second-order valence-corrected chi connectivity index (χ2v) is 7.72. The topological polar surface area (TPSA) is 79.9 Å². The third-order valence-corrected chi connectivity index (χ3v) is 5.67. The number of carbonyl (C=O) groups excluding carboxylic acids is 2. The molecule has 2 heterocycles. The Hall–Kier alpha value is -1.99. The van der Waals surface area contributed by atoms with Gasteiger partial charge in [0.2, 0.25) is 11.8 Å². The number of methoxy groups -OCH3 is 2. The maximum absolute atomic E-state index is 12.7. The fraction of sp³-hybridized carbons (Fsp3) is 0.600. The minimum absolute atomic E-state index is 0. The van der Waals surface area contributed by atoms with E-state index in [4.69, 9.17) is 9.47 Å². The fourth-order valence-electron chi connectivity index (χ4n) is 3.78. The molecule has 2 fully saturated rings. The summed E-state index contributed by atoms with van der Waals surface area (Å²) in [5.41, 5.74) is 0.798. The van der Waals surface area contributed by atoms with Gasteiger partial charge < -0.3 is 25.0 Å². The molecule has 2 amide bonds. The Bertz CT molecular complexity index is 707. The normalized spacial score (nSPS) is 21.0. The number of piperidine rings is 1. The van der Waals surface area contributed by atoms with Gasteiger partial charge in [-0.25, -0.2) is 0 Å². The maximum atomic E-state index is 12.7. The van der Waals surface area contributed by atoms with Crippen LogP contribution in [0.1, 0.15) is 26.2 Å². The molecule has 0 bridgehead atoms. The zero-order valence-electron chi connectivity index (χ0n) is 16.7. The number of amides is 2. The lowest BCUT2D eigenvalue weighted by atomic mass is 9.81. The van der Waals surface area contributed by atoms with Crippen molar-refractivity contribution in [3.8, 4) is 11.5 Å². The quantitative estimate of drug-likeness (QED) is 0.748. The van der Waals surface area contributed by atoms with E-state index in [1.165, 1.54) is 0 Å². The standard InChI is InChI=1S/C20H29N3O4.ClH/c1-20(6-8-21-9-7-20)13-22-19(25)14-10-18(24)23(12-14)16-5-4-15(26-2)11-17(16)27-3;/h4-5,11,14,21H,6-10,12-13H2,1-3H3,(H,22,25);1H. The molecule has 0 aromatic heterocycles.